The third kappa shape index (κ3) is 2.96. The zero-order valence-electron chi connectivity index (χ0n) is 21.1. The highest BCUT2D eigenvalue weighted by molar-refractivity contribution is 6.17. The van der Waals surface area contributed by atoms with Crippen molar-refractivity contribution in [2.24, 2.45) is 0 Å². The predicted molar refractivity (Wildman–Crippen MR) is 165 cm³/mol. The van der Waals surface area contributed by atoms with Gasteiger partial charge in [-0.05, 0) is 83.9 Å². The van der Waals surface area contributed by atoms with Crippen molar-refractivity contribution in [2.75, 3.05) is 0 Å². The van der Waals surface area contributed by atoms with Gasteiger partial charge in [0.2, 0.25) is 0 Å². The van der Waals surface area contributed by atoms with Crippen molar-refractivity contribution in [2.45, 2.75) is 0 Å². The van der Waals surface area contributed by atoms with E-state index in [0.29, 0.717) is 0 Å². The molecule has 1 heteroatoms. The molecule has 0 fully saturated rings. The van der Waals surface area contributed by atoms with Gasteiger partial charge in [-0.3, -0.25) is 0 Å². The Bertz CT molecular complexity index is 2310. The van der Waals surface area contributed by atoms with Gasteiger partial charge >= 0.3 is 0 Å². The molecule has 0 saturated carbocycles. The molecule has 0 spiro atoms. The van der Waals surface area contributed by atoms with Crippen molar-refractivity contribution in [1.82, 2.24) is 0 Å². The summed E-state index contributed by atoms with van der Waals surface area (Å²) in [4.78, 5) is 0. The van der Waals surface area contributed by atoms with Crippen LogP contribution in [0.3, 0.4) is 0 Å². The van der Waals surface area contributed by atoms with Crippen LogP contribution < -0.4 is 4.74 Å². The number of benzene rings is 8. The molecule has 1 aliphatic heterocycles. The maximum Gasteiger partial charge on any atom is 0.143 e. The van der Waals surface area contributed by atoms with Gasteiger partial charge < -0.3 is 4.74 Å². The van der Waals surface area contributed by atoms with Crippen LogP contribution in [0.15, 0.2) is 133 Å². The highest BCUT2D eigenvalue weighted by atomic mass is 16.5. The smallest absolute Gasteiger partial charge is 0.143 e. The van der Waals surface area contributed by atoms with E-state index in [2.05, 4.69) is 133 Å². The summed E-state index contributed by atoms with van der Waals surface area (Å²) < 4.78 is 6.77. The van der Waals surface area contributed by atoms with Gasteiger partial charge in [0.25, 0.3) is 0 Å². The van der Waals surface area contributed by atoms with Crippen molar-refractivity contribution in [3.8, 4) is 33.8 Å². The fourth-order valence-electron chi connectivity index (χ4n) is 6.55. The summed E-state index contributed by atoms with van der Waals surface area (Å²) in [6.07, 6.45) is 0. The monoisotopic (exact) mass is 494 g/mol. The van der Waals surface area contributed by atoms with Crippen LogP contribution in [0, 0.1) is 0 Å². The standard InChI is InChI=1S/C38H22O/c1-3-9-29-23(7-1)15-17-27-20-28-19-26(18-16-24(28)21-35(27)29)31-11-5-14-34-33-13-6-12-32-30-10-4-2-8-25(30)22-36(37(32)33)39-38(31)34/h1-22H. The van der Waals surface area contributed by atoms with E-state index in [0.717, 1.165) is 28.2 Å². The van der Waals surface area contributed by atoms with Gasteiger partial charge in [-0.2, -0.15) is 0 Å². The first-order valence-electron chi connectivity index (χ1n) is 13.4. The minimum absolute atomic E-state index is 0.929. The van der Waals surface area contributed by atoms with Crippen LogP contribution in [0.5, 0.6) is 11.5 Å². The number of ether oxygens (including phenoxy) is 1. The zero-order valence-corrected chi connectivity index (χ0v) is 21.1. The van der Waals surface area contributed by atoms with Gasteiger partial charge in [-0.25, -0.2) is 0 Å². The summed E-state index contributed by atoms with van der Waals surface area (Å²) in [5.74, 6) is 1.86. The minimum Gasteiger partial charge on any atom is -0.455 e. The van der Waals surface area contributed by atoms with Crippen molar-refractivity contribution >= 4 is 53.9 Å². The van der Waals surface area contributed by atoms with Gasteiger partial charge in [-0.15, -0.1) is 0 Å². The molecular formula is C38H22O. The Labute approximate surface area is 225 Å². The van der Waals surface area contributed by atoms with E-state index in [1.807, 2.05) is 0 Å². The number of para-hydroxylation sites is 1. The summed E-state index contributed by atoms with van der Waals surface area (Å²) in [6, 6.07) is 48.4. The van der Waals surface area contributed by atoms with Gasteiger partial charge in [0, 0.05) is 16.5 Å². The largest absolute Gasteiger partial charge is 0.455 e. The van der Waals surface area contributed by atoms with E-state index >= 15 is 0 Å². The summed E-state index contributed by atoms with van der Waals surface area (Å²) >= 11 is 0. The first kappa shape index (κ1) is 20.9. The summed E-state index contributed by atoms with van der Waals surface area (Å²) in [5.41, 5.74) is 4.65. The van der Waals surface area contributed by atoms with Crippen molar-refractivity contribution in [1.29, 1.82) is 0 Å². The Morgan fingerprint density at radius 3 is 1.95 bits per heavy atom. The maximum atomic E-state index is 6.77. The van der Waals surface area contributed by atoms with Crippen LogP contribution in [-0.2, 0) is 0 Å². The molecule has 180 valence electrons. The SMILES string of the molecule is c1cc(-c2ccc3cc4c(ccc5ccccc54)cc3c2)c2c(c1)-c1cccc3c1c(cc1ccccc13)O2. The molecule has 0 saturated heterocycles. The van der Waals surface area contributed by atoms with E-state index in [-0.39, 0.29) is 0 Å². The quantitative estimate of drug-likeness (QED) is 0.163. The fourth-order valence-corrected chi connectivity index (χ4v) is 6.55. The Balaban J connectivity index is 1.26. The molecule has 9 rings (SSSR count). The number of rotatable bonds is 1. The summed E-state index contributed by atoms with van der Waals surface area (Å²) in [6.45, 7) is 0. The lowest BCUT2D eigenvalue weighted by molar-refractivity contribution is 0.489. The van der Waals surface area contributed by atoms with Crippen LogP contribution in [0.4, 0.5) is 0 Å². The van der Waals surface area contributed by atoms with E-state index in [1.165, 1.54) is 59.4 Å². The second-order valence-electron chi connectivity index (χ2n) is 10.5. The normalized spacial score (nSPS) is 12.3. The molecule has 1 heterocycles. The lowest BCUT2D eigenvalue weighted by Gasteiger charge is -2.24. The average molecular weight is 495 g/mol. The molecule has 8 aromatic carbocycles. The first-order chi connectivity index (χ1) is 19.3. The molecule has 0 unspecified atom stereocenters. The zero-order chi connectivity index (χ0) is 25.5. The maximum absolute atomic E-state index is 6.77. The van der Waals surface area contributed by atoms with Gasteiger partial charge in [0.1, 0.15) is 11.5 Å². The molecule has 0 atom stereocenters. The topological polar surface area (TPSA) is 9.23 Å². The number of hydrogen-bond donors (Lipinski definition) is 0. The predicted octanol–water partition coefficient (Wildman–Crippen LogP) is 10.9. The summed E-state index contributed by atoms with van der Waals surface area (Å²) in [7, 11) is 0. The Hall–Kier alpha value is -5.14. The van der Waals surface area contributed by atoms with Crippen LogP contribution in [0.2, 0.25) is 0 Å². The third-order valence-electron chi connectivity index (χ3n) is 8.38. The molecule has 0 aromatic heterocycles. The summed E-state index contributed by atoms with van der Waals surface area (Å²) in [5, 5.41) is 12.5. The average Bonchev–Trinajstić information content (AvgIpc) is 3.00. The second-order valence-corrected chi connectivity index (χ2v) is 10.5. The molecule has 39 heavy (non-hydrogen) atoms. The molecule has 0 N–H and O–H groups in total. The molecule has 0 amide bonds. The van der Waals surface area contributed by atoms with E-state index in [1.54, 1.807) is 0 Å². The van der Waals surface area contributed by atoms with Crippen LogP contribution in [-0.4, -0.2) is 0 Å². The Morgan fingerprint density at radius 2 is 1.03 bits per heavy atom. The molecule has 1 aliphatic rings. The first-order valence-corrected chi connectivity index (χ1v) is 13.4. The molecule has 0 radical (unpaired) electrons. The van der Waals surface area contributed by atoms with Gasteiger partial charge in [-0.1, -0.05) is 109 Å². The van der Waals surface area contributed by atoms with Crippen LogP contribution >= 0.6 is 0 Å². The number of hydrogen-bond acceptors (Lipinski definition) is 1. The highest BCUT2D eigenvalue weighted by Crippen LogP contribution is 2.51. The van der Waals surface area contributed by atoms with E-state index < -0.39 is 0 Å². The van der Waals surface area contributed by atoms with Crippen molar-refractivity contribution < 1.29 is 4.74 Å². The van der Waals surface area contributed by atoms with Crippen LogP contribution in [0.1, 0.15) is 0 Å². The molecule has 8 aromatic rings. The van der Waals surface area contributed by atoms with Gasteiger partial charge in [0.15, 0.2) is 0 Å². The van der Waals surface area contributed by atoms with Crippen molar-refractivity contribution in [3.05, 3.63) is 133 Å². The second kappa shape index (κ2) is 7.69. The third-order valence-corrected chi connectivity index (χ3v) is 8.38. The Morgan fingerprint density at radius 1 is 0.359 bits per heavy atom. The minimum atomic E-state index is 0.929. The van der Waals surface area contributed by atoms with E-state index in [4.69, 9.17) is 4.74 Å². The lowest BCUT2D eigenvalue weighted by atomic mass is 9.89. The van der Waals surface area contributed by atoms with Gasteiger partial charge in [0.05, 0.1) is 0 Å². The van der Waals surface area contributed by atoms with E-state index in [9.17, 15) is 0 Å². The number of fused-ring (bicyclic) bond motifs is 8. The molecule has 0 aliphatic carbocycles. The molecule has 1 nitrogen and oxygen atoms in total. The molecule has 0 bridgehead atoms. The van der Waals surface area contributed by atoms with Crippen molar-refractivity contribution in [3.63, 3.8) is 0 Å². The Kier molecular flexibility index (Phi) is 4.11. The molecular weight excluding hydrogens is 472 g/mol. The highest BCUT2D eigenvalue weighted by Gasteiger charge is 2.24. The fraction of sp³-hybridized carbons (Fsp3) is 0. The van der Waals surface area contributed by atoms with Crippen LogP contribution in [0.25, 0.3) is 76.1 Å². The lowest BCUT2D eigenvalue weighted by Crippen LogP contribution is -1.99.